The molecule has 1 N–H and O–H groups in total. The van der Waals surface area contributed by atoms with Gasteiger partial charge in [0.2, 0.25) is 0 Å². The van der Waals surface area contributed by atoms with E-state index in [9.17, 15) is 5.11 Å². The van der Waals surface area contributed by atoms with E-state index in [4.69, 9.17) is 4.74 Å². The predicted molar refractivity (Wildman–Crippen MR) is 69.2 cm³/mol. The summed E-state index contributed by atoms with van der Waals surface area (Å²) in [6.07, 6.45) is 1.67. The molecule has 0 saturated carbocycles. The third-order valence-corrected chi connectivity index (χ3v) is 2.30. The average molecular weight is 230 g/mol. The Kier molecular flexibility index (Phi) is 4.81. The molecule has 1 unspecified atom stereocenters. The molecular formula is C15H18O2. The maximum Gasteiger partial charge on any atom is 0.148 e. The summed E-state index contributed by atoms with van der Waals surface area (Å²) >= 11 is 0. The van der Waals surface area contributed by atoms with Gasteiger partial charge in [-0.2, -0.15) is 0 Å². The van der Waals surface area contributed by atoms with E-state index in [0.29, 0.717) is 6.61 Å². The van der Waals surface area contributed by atoms with E-state index in [1.807, 2.05) is 44.2 Å². The molecule has 1 rings (SSSR count). The number of rotatable bonds is 3. The van der Waals surface area contributed by atoms with Crippen LogP contribution in [0, 0.1) is 11.8 Å². The summed E-state index contributed by atoms with van der Waals surface area (Å²) in [4.78, 5) is 0. The molecule has 0 radical (unpaired) electrons. The van der Waals surface area contributed by atoms with Gasteiger partial charge in [0.25, 0.3) is 0 Å². The lowest BCUT2D eigenvalue weighted by Gasteiger charge is -2.16. The fourth-order valence-electron chi connectivity index (χ4n) is 1.38. The van der Waals surface area contributed by atoms with Crippen LogP contribution in [0.25, 0.3) is 0 Å². The van der Waals surface area contributed by atoms with Crippen LogP contribution in [0.15, 0.2) is 42.2 Å². The van der Waals surface area contributed by atoms with E-state index in [-0.39, 0.29) is 0 Å². The lowest BCUT2D eigenvalue weighted by molar-refractivity contribution is 0.122. The van der Waals surface area contributed by atoms with Gasteiger partial charge in [-0.3, -0.25) is 0 Å². The molecule has 0 bridgehead atoms. The summed E-state index contributed by atoms with van der Waals surface area (Å²) in [6.45, 7) is 6.07. The quantitative estimate of drug-likeness (QED) is 0.639. The number of hydrogen-bond acceptors (Lipinski definition) is 2. The van der Waals surface area contributed by atoms with Crippen LogP contribution in [-0.4, -0.2) is 11.7 Å². The number of hydrogen-bond donors (Lipinski definition) is 1. The second-order valence-corrected chi connectivity index (χ2v) is 3.90. The maximum absolute atomic E-state index is 10.2. The van der Waals surface area contributed by atoms with Crippen molar-refractivity contribution < 1.29 is 9.84 Å². The van der Waals surface area contributed by atoms with Crippen molar-refractivity contribution in [2.24, 2.45) is 0 Å². The Hall–Kier alpha value is -1.72. The van der Waals surface area contributed by atoms with Crippen molar-refractivity contribution in [2.75, 3.05) is 6.61 Å². The van der Waals surface area contributed by atoms with Gasteiger partial charge in [0.1, 0.15) is 11.4 Å². The second-order valence-electron chi connectivity index (χ2n) is 3.90. The predicted octanol–water partition coefficient (Wildman–Crippen LogP) is 2.84. The first-order valence-electron chi connectivity index (χ1n) is 5.66. The fourth-order valence-corrected chi connectivity index (χ4v) is 1.38. The van der Waals surface area contributed by atoms with Crippen molar-refractivity contribution in [1.82, 2.24) is 0 Å². The third-order valence-electron chi connectivity index (χ3n) is 2.30. The van der Waals surface area contributed by atoms with Crippen LogP contribution in [0.5, 0.6) is 0 Å². The molecule has 0 spiro atoms. The molecule has 17 heavy (non-hydrogen) atoms. The van der Waals surface area contributed by atoms with Gasteiger partial charge in [-0.1, -0.05) is 42.2 Å². The van der Waals surface area contributed by atoms with Crippen LogP contribution in [0.3, 0.4) is 0 Å². The van der Waals surface area contributed by atoms with Crippen LogP contribution in [0.4, 0.5) is 0 Å². The molecule has 90 valence electrons. The minimum absolute atomic E-state index is 0.624. The highest BCUT2D eigenvalue weighted by Crippen LogP contribution is 2.18. The normalized spacial score (nSPS) is 14.5. The van der Waals surface area contributed by atoms with E-state index >= 15 is 0 Å². The van der Waals surface area contributed by atoms with Crippen molar-refractivity contribution in [3.05, 3.63) is 47.7 Å². The van der Waals surface area contributed by atoms with Gasteiger partial charge in [0.05, 0.1) is 6.61 Å². The van der Waals surface area contributed by atoms with Crippen molar-refractivity contribution in [2.45, 2.75) is 26.4 Å². The van der Waals surface area contributed by atoms with Gasteiger partial charge in [-0.15, -0.1) is 0 Å². The Morgan fingerprint density at radius 2 is 2.06 bits per heavy atom. The SMILES string of the molecule is CCO/C(C)=C/C#CC(C)(O)c1ccccc1. The summed E-state index contributed by atoms with van der Waals surface area (Å²) < 4.78 is 5.24. The van der Waals surface area contributed by atoms with Gasteiger partial charge < -0.3 is 9.84 Å². The molecule has 0 amide bonds. The summed E-state index contributed by atoms with van der Waals surface area (Å²) in [5.41, 5.74) is -0.348. The van der Waals surface area contributed by atoms with Crippen LogP contribution < -0.4 is 0 Å². The lowest BCUT2D eigenvalue weighted by atomic mass is 9.97. The zero-order valence-electron chi connectivity index (χ0n) is 10.5. The molecule has 2 nitrogen and oxygen atoms in total. The van der Waals surface area contributed by atoms with Gasteiger partial charge in [-0.05, 0) is 26.3 Å². The zero-order valence-corrected chi connectivity index (χ0v) is 10.5. The minimum atomic E-state index is -1.13. The zero-order chi connectivity index (χ0) is 12.7. The van der Waals surface area contributed by atoms with Gasteiger partial charge in [0.15, 0.2) is 0 Å². The van der Waals surface area contributed by atoms with Crippen LogP contribution in [-0.2, 0) is 10.3 Å². The number of aliphatic hydroxyl groups is 1. The van der Waals surface area contributed by atoms with Gasteiger partial charge >= 0.3 is 0 Å². The van der Waals surface area contributed by atoms with Crippen molar-refractivity contribution in [1.29, 1.82) is 0 Å². The largest absolute Gasteiger partial charge is 0.498 e. The first-order chi connectivity index (χ1) is 8.06. The number of allylic oxidation sites excluding steroid dienone is 2. The number of benzene rings is 1. The Balaban J connectivity index is 2.81. The Morgan fingerprint density at radius 1 is 1.41 bits per heavy atom. The summed E-state index contributed by atoms with van der Waals surface area (Å²) in [5, 5.41) is 10.2. The molecule has 0 aliphatic rings. The highest BCUT2D eigenvalue weighted by Gasteiger charge is 2.18. The topological polar surface area (TPSA) is 29.5 Å². The average Bonchev–Trinajstić information content (AvgIpc) is 2.30. The highest BCUT2D eigenvalue weighted by molar-refractivity contribution is 5.33. The monoisotopic (exact) mass is 230 g/mol. The van der Waals surface area contributed by atoms with Crippen molar-refractivity contribution in [3.63, 3.8) is 0 Å². The van der Waals surface area contributed by atoms with E-state index in [1.165, 1.54) is 0 Å². The smallest absolute Gasteiger partial charge is 0.148 e. The van der Waals surface area contributed by atoms with E-state index in [0.717, 1.165) is 11.3 Å². The maximum atomic E-state index is 10.2. The molecule has 0 aromatic heterocycles. The van der Waals surface area contributed by atoms with Gasteiger partial charge in [0, 0.05) is 6.08 Å². The fraction of sp³-hybridized carbons (Fsp3) is 0.333. The molecule has 1 aromatic carbocycles. The standard InChI is InChI=1S/C15H18O2/c1-4-17-13(2)9-8-12-15(3,16)14-10-6-5-7-11-14/h5-7,9-11,16H,4H2,1-3H3/b13-9+. The van der Waals surface area contributed by atoms with Gasteiger partial charge in [-0.25, -0.2) is 0 Å². The van der Waals surface area contributed by atoms with E-state index in [1.54, 1.807) is 13.0 Å². The molecule has 0 heterocycles. The van der Waals surface area contributed by atoms with Crippen molar-refractivity contribution in [3.8, 4) is 11.8 Å². The molecule has 2 heteroatoms. The molecule has 1 atom stereocenters. The van der Waals surface area contributed by atoms with Crippen molar-refractivity contribution >= 4 is 0 Å². The van der Waals surface area contributed by atoms with E-state index < -0.39 is 5.60 Å². The second kappa shape index (κ2) is 6.12. The molecule has 0 aliphatic heterocycles. The first-order valence-corrected chi connectivity index (χ1v) is 5.66. The van der Waals surface area contributed by atoms with Crippen LogP contribution in [0.1, 0.15) is 26.3 Å². The van der Waals surface area contributed by atoms with Crippen LogP contribution >= 0.6 is 0 Å². The Morgan fingerprint density at radius 3 is 2.65 bits per heavy atom. The highest BCUT2D eigenvalue weighted by atomic mass is 16.5. The molecule has 0 aliphatic carbocycles. The van der Waals surface area contributed by atoms with Crippen LogP contribution in [0.2, 0.25) is 0 Å². The molecule has 0 saturated heterocycles. The third kappa shape index (κ3) is 4.34. The summed E-state index contributed by atoms with van der Waals surface area (Å²) in [5.74, 6) is 6.39. The lowest BCUT2D eigenvalue weighted by Crippen LogP contribution is -2.18. The molecule has 1 aromatic rings. The van der Waals surface area contributed by atoms with E-state index in [2.05, 4.69) is 11.8 Å². The Bertz CT molecular complexity index is 433. The Labute approximate surface area is 103 Å². The first kappa shape index (κ1) is 13.3. The minimum Gasteiger partial charge on any atom is -0.498 e. The molecule has 0 fully saturated rings. The molecular weight excluding hydrogens is 212 g/mol. The summed E-state index contributed by atoms with van der Waals surface area (Å²) in [7, 11) is 0. The summed E-state index contributed by atoms with van der Waals surface area (Å²) in [6, 6.07) is 9.38. The number of ether oxygens (including phenoxy) is 1.